The smallest absolute Gasteiger partial charge is 0.0692 e. The number of hydrogen-bond donors (Lipinski definition) is 2. The summed E-state index contributed by atoms with van der Waals surface area (Å²) in [6, 6.07) is 0.729. The zero-order valence-corrected chi connectivity index (χ0v) is 9.21. The normalized spacial score (nSPS) is 35.6. The molecule has 82 valence electrons. The molecule has 2 rings (SSSR count). The summed E-state index contributed by atoms with van der Waals surface area (Å²) in [5.74, 6) is 1.45. The number of hydrogen-bond acceptors (Lipinski definition) is 2. The SMILES string of the molecule is CC1CCC(C(O)CNC2CC2)CC1. The van der Waals surface area contributed by atoms with Crippen molar-refractivity contribution >= 4 is 0 Å². The molecule has 1 atom stereocenters. The molecule has 0 aromatic carbocycles. The van der Waals surface area contributed by atoms with Gasteiger partial charge in [-0.2, -0.15) is 0 Å². The van der Waals surface area contributed by atoms with Gasteiger partial charge in [0.05, 0.1) is 6.10 Å². The van der Waals surface area contributed by atoms with Crippen LogP contribution in [0.3, 0.4) is 0 Å². The molecule has 0 radical (unpaired) electrons. The number of nitrogens with one attached hydrogen (secondary N) is 1. The fourth-order valence-electron chi connectivity index (χ4n) is 2.41. The molecule has 2 aliphatic carbocycles. The van der Waals surface area contributed by atoms with Gasteiger partial charge in [-0.1, -0.05) is 19.8 Å². The summed E-state index contributed by atoms with van der Waals surface area (Å²) in [7, 11) is 0. The maximum absolute atomic E-state index is 9.97. The van der Waals surface area contributed by atoms with E-state index in [1.54, 1.807) is 0 Å². The topological polar surface area (TPSA) is 32.3 Å². The lowest BCUT2D eigenvalue weighted by molar-refractivity contribution is 0.0750. The second-order valence-corrected chi connectivity index (χ2v) is 5.27. The Morgan fingerprint density at radius 3 is 2.36 bits per heavy atom. The molecule has 2 nitrogen and oxygen atoms in total. The number of aliphatic hydroxyl groups is 1. The Kier molecular flexibility index (Phi) is 3.45. The molecule has 14 heavy (non-hydrogen) atoms. The Balaban J connectivity index is 1.65. The van der Waals surface area contributed by atoms with Crippen LogP contribution in [0.15, 0.2) is 0 Å². The van der Waals surface area contributed by atoms with E-state index < -0.39 is 0 Å². The van der Waals surface area contributed by atoms with Gasteiger partial charge in [-0.25, -0.2) is 0 Å². The van der Waals surface area contributed by atoms with Crippen LogP contribution in [0.2, 0.25) is 0 Å². The van der Waals surface area contributed by atoms with Crippen molar-refractivity contribution in [1.29, 1.82) is 0 Å². The van der Waals surface area contributed by atoms with Gasteiger partial charge in [0.1, 0.15) is 0 Å². The highest BCUT2D eigenvalue weighted by molar-refractivity contribution is 4.84. The van der Waals surface area contributed by atoms with Crippen LogP contribution in [-0.4, -0.2) is 23.8 Å². The van der Waals surface area contributed by atoms with Crippen molar-refractivity contribution in [3.8, 4) is 0 Å². The van der Waals surface area contributed by atoms with E-state index in [-0.39, 0.29) is 6.10 Å². The molecule has 2 aliphatic rings. The first-order chi connectivity index (χ1) is 6.75. The maximum Gasteiger partial charge on any atom is 0.0692 e. The van der Waals surface area contributed by atoms with Gasteiger partial charge in [-0.05, 0) is 37.5 Å². The Bertz CT molecular complexity index is 171. The van der Waals surface area contributed by atoms with E-state index >= 15 is 0 Å². The highest BCUT2D eigenvalue weighted by atomic mass is 16.3. The fourth-order valence-corrected chi connectivity index (χ4v) is 2.41. The minimum absolute atomic E-state index is 0.0944. The predicted molar refractivity (Wildman–Crippen MR) is 58.2 cm³/mol. The molecular weight excluding hydrogens is 174 g/mol. The summed E-state index contributed by atoms with van der Waals surface area (Å²) in [4.78, 5) is 0. The summed E-state index contributed by atoms with van der Waals surface area (Å²) in [6.07, 6.45) is 7.62. The zero-order chi connectivity index (χ0) is 9.97. The average molecular weight is 197 g/mol. The molecule has 0 bridgehead atoms. The molecule has 2 heteroatoms. The van der Waals surface area contributed by atoms with Crippen LogP contribution in [0.4, 0.5) is 0 Å². The Labute approximate surface area is 87.1 Å². The van der Waals surface area contributed by atoms with Crippen LogP contribution in [0.25, 0.3) is 0 Å². The predicted octanol–water partition coefficient (Wildman–Crippen LogP) is 1.93. The second-order valence-electron chi connectivity index (χ2n) is 5.27. The van der Waals surface area contributed by atoms with Gasteiger partial charge < -0.3 is 10.4 Å². The van der Waals surface area contributed by atoms with Crippen LogP contribution in [0, 0.1) is 11.8 Å². The van der Waals surface area contributed by atoms with E-state index in [9.17, 15) is 5.11 Å². The molecule has 0 aromatic heterocycles. The number of rotatable bonds is 4. The van der Waals surface area contributed by atoms with Gasteiger partial charge in [-0.3, -0.25) is 0 Å². The Morgan fingerprint density at radius 2 is 1.79 bits per heavy atom. The van der Waals surface area contributed by atoms with Crippen LogP contribution >= 0.6 is 0 Å². The summed E-state index contributed by atoms with van der Waals surface area (Å²) in [5, 5.41) is 13.4. The summed E-state index contributed by atoms with van der Waals surface area (Å²) >= 11 is 0. The van der Waals surface area contributed by atoms with E-state index in [4.69, 9.17) is 0 Å². The van der Waals surface area contributed by atoms with Gasteiger partial charge in [0.2, 0.25) is 0 Å². The fraction of sp³-hybridized carbons (Fsp3) is 1.00. The Morgan fingerprint density at radius 1 is 1.14 bits per heavy atom. The lowest BCUT2D eigenvalue weighted by atomic mass is 9.80. The van der Waals surface area contributed by atoms with Crippen LogP contribution < -0.4 is 5.32 Å². The van der Waals surface area contributed by atoms with Crippen LogP contribution in [0.1, 0.15) is 45.4 Å². The molecule has 0 spiro atoms. The van der Waals surface area contributed by atoms with Gasteiger partial charge in [0.25, 0.3) is 0 Å². The standard InChI is InChI=1S/C12H23NO/c1-9-2-4-10(5-3-9)12(14)8-13-11-6-7-11/h9-14H,2-8H2,1H3. The molecule has 0 aromatic rings. The van der Waals surface area contributed by atoms with E-state index in [0.717, 1.165) is 18.5 Å². The molecule has 2 fully saturated rings. The third-order valence-electron chi connectivity index (χ3n) is 3.80. The largest absolute Gasteiger partial charge is 0.392 e. The third kappa shape index (κ3) is 2.96. The summed E-state index contributed by atoms with van der Waals surface area (Å²) in [6.45, 7) is 3.15. The average Bonchev–Trinajstić information content (AvgIpc) is 2.99. The first kappa shape index (κ1) is 10.4. The molecule has 0 saturated heterocycles. The van der Waals surface area contributed by atoms with Gasteiger partial charge >= 0.3 is 0 Å². The molecule has 2 saturated carbocycles. The van der Waals surface area contributed by atoms with E-state index in [1.807, 2.05) is 0 Å². The van der Waals surface area contributed by atoms with Gasteiger partial charge in [0, 0.05) is 12.6 Å². The van der Waals surface area contributed by atoms with Crippen molar-refractivity contribution in [2.24, 2.45) is 11.8 Å². The summed E-state index contributed by atoms with van der Waals surface area (Å²) < 4.78 is 0. The van der Waals surface area contributed by atoms with Gasteiger partial charge in [-0.15, -0.1) is 0 Å². The molecule has 0 amide bonds. The lowest BCUT2D eigenvalue weighted by Gasteiger charge is -2.30. The molecule has 1 unspecified atom stereocenters. The third-order valence-corrected chi connectivity index (χ3v) is 3.80. The zero-order valence-electron chi connectivity index (χ0n) is 9.21. The van der Waals surface area contributed by atoms with E-state index in [0.29, 0.717) is 5.92 Å². The minimum atomic E-state index is -0.0944. The van der Waals surface area contributed by atoms with Crippen molar-refractivity contribution in [3.05, 3.63) is 0 Å². The second kappa shape index (κ2) is 4.63. The Hall–Kier alpha value is -0.0800. The first-order valence-electron chi connectivity index (χ1n) is 6.17. The highest BCUT2D eigenvalue weighted by Crippen LogP contribution is 2.30. The van der Waals surface area contributed by atoms with Crippen molar-refractivity contribution in [3.63, 3.8) is 0 Å². The van der Waals surface area contributed by atoms with Crippen molar-refractivity contribution in [2.45, 2.75) is 57.6 Å². The van der Waals surface area contributed by atoms with Crippen LogP contribution in [-0.2, 0) is 0 Å². The summed E-state index contributed by atoms with van der Waals surface area (Å²) in [5.41, 5.74) is 0. The van der Waals surface area contributed by atoms with Crippen LogP contribution in [0.5, 0.6) is 0 Å². The van der Waals surface area contributed by atoms with E-state index in [1.165, 1.54) is 38.5 Å². The van der Waals surface area contributed by atoms with Crippen molar-refractivity contribution in [2.75, 3.05) is 6.54 Å². The maximum atomic E-state index is 9.97. The van der Waals surface area contributed by atoms with E-state index in [2.05, 4.69) is 12.2 Å². The van der Waals surface area contributed by atoms with Crippen molar-refractivity contribution < 1.29 is 5.11 Å². The lowest BCUT2D eigenvalue weighted by Crippen LogP contribution is -2.35. The number of aliphatic hydroxyl groups excluding tert-OH is 1. The molecule has 0 aliphatic heterocycles. The quantitative estimate of drug-likeness (QED) is 0.721. The first-order valence-corrected chi connectivity index (χ1v) is 6.17. The monoisotopic (exact) mass is 197 g/mol. The van der Waals surface area contributed by atoms with Gasteiger partial charge in [0.15, 0.2) is 0 Å². The minimum Gasteiger partial charge on any atom is -0.392 e. The van der Waals surface area contributed by atoms with Crippen molar-refractivity contribution in [1.82, 2.24) is 5.32 Å². The molecule has 2 N–H and O–H groups in total. The molecule has 0 heterocycles. The molecular formula is C12H23NO. The highest BCUT2D eigenvalue weighted by Gasteiger charge is 2.27.